The number of nitrogens with one attached hydrogen (secondary N) is 1. The first-order chi connectivity index (χ1) is 13.0. The van der Waals surface area contributed by atoms with E-state index >= 15 is 0 Å². The predicted molar refractivity (Wildman–Crippen MR) is 106 cm³/mol. The number of aromatic amines is 1. The third-order valence-corrected chi connectivity index (χ3v) is 5.23. The van der Waals surface area contributed by atoms with Crippen molar-refractivity contribution in [3.8, 4) is 0 Å². The van der Waals surface area contributed by atoms with E-state index < -0.39 is 11.2 Å². The number of carbonyl (C=O) groups is 1. The van der Waals surface area contributed by atoms with E-state index in [0.29, 0.717) is 18.9 Å². The summed E-state index contributed by atoms with van der Waals surface area (Å²) in [6.07, 6.45) is 7.58. The van der Waals surface area contributed by atoms with Crippen molar-refractivity contribution in [2.75, 3.05) is 30.9 Å². The third kappa shape index (κ3) is 5.45. The molecule has 0 unspecified atom stereocenters. The van der Waals surface area contributed by atoms with E-state index in [1.807, 2.05) is 6.92 Å². The summed E-state index contributed by atoms with van der Waals surface area (Å²) in [6.45, 7) is 2.91. The van der Waals surface area contributed by atoms with Gasteiger partial charge in [-0.05, 0) is 25.2 Å². The van der Waals surface area contributed by atoms with Crippen molar-refractivity contribution < 1.29 is 9.53 Å². The van der Waals surface area contributed by atoms with Gasteiger partial charge < -0.3 is 15.4 Å². The number of hydrogen-bond acceptors (Lipinski definition) is 5. The minimum absolute atomic E-state index is 0.0466. The lowest BCUT2D eigenvalue weighted by Gasteiger charge is -2.27. The van der Waals surface area contributed by atoms with Crippen molar-refractivity contribution in [3.05, 3.63) is 20.8 Å². The molecule has 1 aromatic rings. The van der Waals surface area contributed by atoms with Gasteiger partial charge in [0.15, 0.2) is 5.69 Å². The molecule has 0 radical (unpaired) electrons. The molecule has 1 saturated carbocycles. The molecular weight excluding hydrogens is 348 g/mol. The maximum atomic E-state index is 13.0. The van der Waals surface area contributed by atoms with Crippen LogP contribution >= 0.6 is 0 Å². The fourth-order valence-electron chi connectivity index (χ4n) is 3.67. The molecule has 1 fully saturated rings. The molecule has 0 saturated heterocycles. The van der Waals surface area contributed by atoms with Crippen LogP contribution in [0, 0.1) is 5.92 Å². The second-order valence-corrected chi connectivity index (χ2v) is 7.24. The number of hydrogen-bond donors (Lipinski definition) is 2. The number of amides is 1. The van der Waals surface area contributed by atoms with Crippen molar-refractivity contribution in [1.29, 1.82) is 0 Å². The molecule has 8 nitrogen and oxygen atoms in total. The maximum Gasteiger partial charge on any atom is 0.330 e. The van der Waals surface area contributed by atoms with Gasteiger partial charge in [0.05, 0.1) is 6.61 Å². The minimum Gasteiger partial charge on any atom is -0.383 e. The molecule has 1 aliphatic carbocycles. The van der Waals surface area contributed by atoms with Crippen LogP contribution in [0.25, 0.3) is 0 Å². The second-order valence-electron chi connectivity index (χ2n) is 7.24. The first-order valence-electron chi connectivity index (χ1n) is 9.91. The Kier molecular flexibility index (Phi) is 8.09. The Balaban J connectivity index is 2.35. The van der Waals surface area contributed by atoms with Crippen LogP contribution in [0.15, 0.2) is 9.59 Å². The highest BCUT2D eigenvalue weighted by atomic mass is 16.5. The number of methoxy groups -OCH3 is 1. The third-order valence-electron chi connectivity index (χ3n) is 5.23. The zero-order valence-corrected chi connectivity index (χ0v) is 16.5. The summed E-state index contributed by atoms with van der Waals surface area (Å²) >= 11 is 0. The Morgan fingerprint density at radius 2 is 2.00 bits per heavy atom. The molecule has 1 aromatic heterocycles. The van der Waals surface area contributed by atoms with Crippen LogP contribution in [-0.2, 0) is 16.1 Å². The molecule has 8 heteroatoms. The lowest BCUT2D eigenvalue weighted by atomic mass is 9.86. The van der Waals surface area contributed by atoms with Crippen LogP contribution in [0.2, 0.25) is 0 Å². The van der Waals surface area contributed by atoms with Crippen molar-refractivity contribution >= 4 is 17.4 Å². The van der Waals surface area contributed by atoms with Gasteiger partial charge >= 0.3 is 5.69 Å². The van der Waals surface area contributed by atoms with Crippen LogP contribution in [0.3, 0.4) is 0 Å². The summed E-state index contributed by atoms with van der Waals surface area (Å²) in [5.74, 6) is 0.240. The van der Waals surface area contributed by atoms with Crippen LogP contribution in [0.5, 0.6) is 0 Å². The highest BCUT2D eigenvalue weighted by Gasteiger charge is 2.26. The van der Waals surface area contributed by atoms with Crippen LogP contribution in [0.4, 0.5) is 11.5 Å². The van der Waals surface area contributed by atoms with Gasteiger partial charge in [0.25, 0.3) is 5.56 Å². The maximum absolute atomic E-state index is 13.0. The number of ether oxygens (including phenoxy) is 1. The summed E-state index contributed by atoms with van der Waals surface area (Å²) in [7, 11) is 1.54. The highest BCUT2D eigenvalue weighted by Crippen LogP contribution is 2.28. The second kappa shape index (κ2) is 10.3. The number of unbranched alkanes of at least 4 members (excludes halogenated alkanes) is 1. The Hall–Kier alpha value is -2.09. The number of anilines is 2. The van der Waals surface area contributed by atoms with E-state index in [4.69, 9.17) is 10.5 Å². The predicted octanol–water partition coefficient (Wildman–Crippen LogP) is 1.87. The number of H-pyrrole nitrogens is 1. The van der Waals surface area contributed by atoms with Gasteiger partial charge in [-0.1, -0.05) is 32.6 Å². The standard InChI is InChI=1S/C19H32N4O4/c1-3-4-10-23-17(20)16(18(25)21-19(23)26)22(11-12-27-2)15(24)13-14-8-6-5-7-9-14/h14H,3-13,20H2,1-2H3,(H,21,25,26). The number of nitrogens with two attached hydrogens (primary N) is 1. The van der Waals surface area contributed by atoms with E-state index in [2.05, 4.69) is 4.98 Å². The Bertz CT molecular complexity index is 734. The Morgan fingerprint density at radius 1 is 1.30 bits per heavy atom. The summed E-state index contributed by atoms with van der Waals surface area (Å²) in [5.41, 5.74) is 5.07. The first-order valence-corrected chi connectivity index (χ1v) is 9.91. The number of nitrogens with zero attached hydrogens (tertiary/aromatic N) is 2. The van der Waals surface area contributed by atoms with E-state index in [9.17, 15) is 14.4 Å². The molecule has 3 N–H and O–H groups in total. The molecule has 1 amide bonds. The molecule has 1 heterocycles. The quantitative estimate of drug-likeness (QED) is 0.679. The molecule has 0 spiro atoms. The summed E-state index contributed by atoms with van der Waals surface area (Å²) in [5, 5.41) is 0. The van der Waals surface area contributed by atoms with E-state index in [-0.39, 0.29) is 30.6 Å². The smallest absolute Gasteiger partial charge is 0.330 e. The van der Waals surface area contributed by atoms with E-state index in [1.165, 1.54) is 15.9 Å². The van der Waals surface area contributed by atoms with E-state index in [0.717, 1.165) is 38.5 Å². The molecule has 0 bridgehead atoms. The Morgan fingerprint density at radius 3 is 2.63 bits per heavy atom. The van der Waals surface area contributed by atoms with Crippen LogP contribution in [-0.4, -0.2) is 35.7 Å². The van der Waals surface area contributed by atoms with Gasteiger partial charge in [-0.2, -0.15) is 0 Å². The summed E-state index contributed by atoms with van der Waals surface area (Å²) < 4.78 is 6.46. The molecule has 27 heavy (non-hydrogen) atoms. The lowest BCUT2D eigenvalue weighted by molar-refractivity contribution is -0.119. The zero-order chi connectivity index (χ0) is 19.8. The van der Waals surface area contributed by atoms with E-state index in [1.54, 1.807) is 7.11 Å². The Labute approximate surface area is 159 Å². The SMILES string of the molecule is CCCCn1c(N)c(N(CCOC)C(=O)CC2CCCCC2)c(=O)[nH]c1=O. The molecular formula is C19H32N4O4. The van der Waals surface area contributed by atoms with Crippen molar-refractivity contribution in [2.45, 2.75) is 64.8 Å². The van der Waals surface area contributed by atoms with Gasteiger partial charge in [-0.3, -0.25) is 19.1 Å². The van der Waals surface area contributed by atoms with Crippen molar-refractivity contribution in [1.82, 2.24) is 9.55 Å². The number of rotatable bonds is 9. The monoisotopic (exact) mass is 380 g/mol. The van der Waals surface area contributed by atoms with Gasteiger partial charge in [-0.25, -0.2) is 4.79 Å². The normalized spacial score (nSPS) is 15.0. The lowest BCUT2D eigenvalue weighted by Crippen LogP contribution is -2.43. The average molecular weight is 380 g/mol. The largest absolute Gasteiger partial charge is 0.383 e. The van der Waals surface area contributed by atoms with Gasteiger partial charge in [0.2, 0.25) is 5.91 Å². The zero-order valence-electron chi connectivity index (χ0n) is 16.5. The fraction of sp³-hybridized carbons (Fsp3) is 0.737. The highest BCUT2D eigenvalue weighted by molar-refractivity contribution is 5.95. The van der Waals surface area contributed by atoms with Gasteiger partial charge in [0, 0.05) is 26.6 Å². The van der Waals surface area contributed by atoms with Crippen molar-refractivity contribution in [2.24, 2.45) is 5.92 Å². The molecule has 2 rings (SSSR count). The summed E-state index contributed by atoms with van der Waals surface area (Å²) in [4.78, 5) is 41.4. The number of carbonyl (C=O) groups excluding carboxylic acids is 1. The molecule has 0 aliphatic heterocycles. The van der Waals surface area contributed by atoms with Crippen LogP contribution < -0.4 is 21.9 Å². The van der Waals surface area contributed by atoms with Gasteiger partial charge in [0.1, 0.15) is 5.82 Å². The minimum atomic E-state index is -0.627. The molecule has 0 atom stereocenters. The molecule has 152 valence electrons. The average Bonchev–Trinajstić information content (AvgIpc) is 2.64. The summed E-state index contributed by atoms with van der Waals surface area (Å²) in [6, 6.07) is 0. The first kappa shape index (κ1) is 21.2. The molecule has 0 aromatic carbocycles. The molecule has 1 aliphatic rings. The van der Waals surface area contributed by atoms with Crippen LogP contribution in [0.1, 0.15) is 58.3 Å². The number of nitrogen functional groups attached to an aromatic ring is 1. The topological polar surface area (TPSA) is 110 Å². The number of aromatic nitrogens is 2. The van der Waals surface area contributed by atoms with Crippen molar-refractivity contribution in [3.63, 3.8) is 0 Å². The fourth-order valence-corrected chi connectivity index (χ4v) is 3.67. The van der Waals surface area contributed by atoms with Gasteiger partial charge in [-0.15, -0.1) is 0 Å².